The molecular formula is C13H17NO2. The molecule has 0 radical (unpaired) electrons. The van der Waals surface area contributed by atoms with Crippen molar-refractivity contribution in [2.45, 2.75) is 13.5 Å². The molecule has 0 spiro atoms. The number of carbonyl (C=O) groups is 1. The molecule has 1 aromatic rings. The van der Waals surface area contributed by atoms with Crippen molar-refractivity contribution >= 4 is 12.0 Å². The number of esters is 1. The zero-order valence-electron chi connectivity index (χ0n) is 9.69. The Balaban J connectivity index is 2.57. The van der Waals surface area contributed by atoms with E-state index in [4.69, 9.17) is 4.74 Å². The maximum atomic E-state index is 11.1. The first-order valence-corrected chi connectivity index (χ1v) is 5.34. The lowest BCUT2D eigenvalue weighted by molar-refractivity contribution is -0.137. The number of hydrogen-bond acceptors (Lipinski definition) is 3. The van der Waals surface area contributed by atoms with E-state index in [-0.39, 0.29) is 5.97 Å². The summed E-state index contributed by atoms with van der Waals surface area (Å²) in [4.78, 5) is 11.1. The average Bonchev–Trinajstić information content (AvgIpc) is 2.29. The third kappa shape index (κ3) is 4.28. The fourth-order valence-electron chi connectivity index (χ4n) is 1.31. The molecule has 0 aromatic heterocycles. The van der Waals surface area contributed by atoms with Gasteiger partial charge in [0, 0.05) is 12.6 Å². The van der Waals surface area contributed by atoms with Crippen molar-refractivity contribution in [3.05, 3.63) is 41.5 Å². The highest BCUT2D eigenvalue weighted by Gasteiger charge is 1.94. The zero-order chi connectivity index (χ0) is 11.8. The minimum absolute atomic E-state index is 0.304. The predicted molar refractivity (Wildman–Crippen MR) is 64.9 cm³/mol. The van der Waals surface area contributed by atoms with Crippen molar-refractivity contribution in [1.29, 1.82) is 0 Å². The van der Waals surface area contributed by atoms with Crippen LogP contribution in [0.15, 0.2) is 30.3 Å². The molecule has 16 heavy (non-hydrogen) atoms. The Bertz CT molecular complexity index is 355. The van der Waals surface area contributed by atoms with Crippen LogP contribution in [0.4, 0.5) is 0 Å². The molecule has 0 aliphatic heterocycles. The fraction of sp³-hybridized carbons (Fsp3) is 0.308. The topological polar surface area (TPSA) is 38.3 Å². The molecule has 3 nitrogen and oxygen atoms in total. The summed E-state index contributed by atoms with van der Waals surface area (Å²) >= 11 is 0. The van der Waals surface area contributed by atoms with E-state index < -0.39 is 0 Å². The summed E-state index contributed by atoms with van der Waals surface area (Å²) in [6.45, 7) is 3.05. The quantitative estimate of drug-likeness (QED) is 0.608. The van der Waals surface area contributed by atoms with Gasteiger partial charge in [-0.3, -0.25) is 0 Å². The second kappa shape index (κ2) is 6.80. The number of hydrogen-bond donors (Lipinski definition) is 1. The van der Waals surface area contributed by atoms with Crippen LogP contribution in [-0.4, -0.2) is 19.6 Å². The van der Waals surface area contributed by atoms with Crippen LogP contribution in [0.5, 0.6) is 0 Å². The van der Waals surface area contributed by atoms with E-state index >= 15 is 0 Å². The van der Waals surface area contributed by atoms with Crippen molar-refractivity contribution in [2.24, 2.45) is 0 Å². The monoisotopic (exact) mass is 219 g/mol. The van der Waals surface area contributed by atoms with Gasteiger partial charge in [0.15, 0.2) is 0 Å². The molecule has 0 saturated heterocycles. The molecule has 0 bridgehead atoms. The van der Waals surface area contributed by atoms with Crippen LogP contribution in [0.25, 0.3) is 6.08 Å². The molecule has 0 aliphatic carbocycles. The fourth-order valence-corrected chi connectivity index (χ4v) is 1.31. The summed E-state index contributed by atoms with van der Waals surface area (Å²) in [5.74, 6) is -0.304. The van der Waals surface area contributed by atoms with E-state index in [1.54, 1.807) is 13.0 Å². The molecule has 3 heteroatoms. The third-order valence-electron chi connectivity index (χ3n) is 2.06. The lowest BCUT2D eigenvalue weighted by atomic mass is 10.1. The lowest BCUT2D eigenvalue weighted by Gasteiger charge is -2.00. The predicted octanol–water partition coefficient (Wildman–Crippen LogP) is 1.98. The van der Waals surface area contributed by atoms with Crippen LogP contribution in [-0.2, 0) is 16.1 Å². The van der Waals surface area contributed by atoms with Gasteiger partial charge >= 0.3 is 5.97 Å². The SMILES string of the molecule is CCOC(=O)/C=C/c1ccc(CNC)cc1. The Morgan fingerprint density at radius 1 is 1.38 bits per heavy atom. The molecule has 0 atom stereocenters. The third-order valence-corrected chi connectivity index (χ3v) is 2.06. The molecule has 86 valence electrons. The zero-order valence-corrected chi connectivity index (χ0v) is 9.69. The Labute approximate surface area is 96.1 Å². The van der Waals surface area contributed by atoms with E-state index in [1.165, 1.54) is 11.6 Å². The molecular weight excluding hydrogens is 202 g/mol. The maximum absolute atomic E-state index is 11.1. The molecule has 0 amide bonds. The van der Waals surface area contributed by atoms with Crippen LogP contribution >= 0.6 is 0 Å². The van der Waals surface area contributed by atoms with E-state index in [0.29, 0.717) is 6.61 Å². The van der Waals surface area contributed by atoms with Gasteiger partial charge in [-0.2, -0.15) is 0 Å². The summed E-state index contributed by atoms with van der Waals surface area (Å²) in [5, 5.41) is 3.08. The number of ether oxygens (including phenoxy) is 1. The normalized spacial score (nSPS) is 10.6. The van der Waals surface area contributed by atoms with Crippen LogP contribution in [0.3, 0.4) is 0 Å². The van der Waals surface area contributed by atoms with Crippen molar-refractivity contribution in [1.82, 2.24) is 5.32 Å². The van der Waals surface area contributed by atoms with Crippen LogP contribution in [0.1, 0.15) is 18.1 Å². The van der Waals surface area contributed by atoms with Gasteiger partial charge in [-0.1, -0.05) is 24.3 Å². The van der Waals surface area contributed by atoms with E-state index in [9.17, 15) is 4.79 Å². The highest BCUT2D eigenvalue weighted by Crippen LogP contribution is 2.06. The molecule has 1 aromatic carbocycles. The van der Waals surface area contributed by atoms with Crippen molar-refractivity contribution in [3.8, 4) is 0 Å². The molecule has 0 saturated carbocycles. The van der Waals surface area contributed by atoms with Gasteiger partial charge in [-0.15, -0.1) is 0 Å². The van der Waals surface area contributed by atoms with Crippen LogP contribution < -0.4 is 5.32 Å². The highest BCUT2D eigenvalue weighted by atomic mass is 16.5. The Hall–Kier alpha value is -1.61. The van der Waals surface area contributed by atoms with E-state index in [0.717, 1.165) is 12.1 Å². The van der Waals surface area contributed by atoms with Crippen molar-refractivity contribution < 1.29 is 9.53 Å². The average molecular weight is 219 g/mol. The van der Waals surface area contributed by atoms with Crippen molar-refractivity contribution in [2.75, 3.05) is 13.7 Å². The highest BCUT2D eigenvalue weighted by molar-refractivity contribution is 5.86. The molecule has 1 N–H and O–H groups in total. The van der Waals surface area contributed by atoms with Crippen molar-refractivity contribution in [3.63, 3.8) is 0 Å². The van der Waals surface area contributed by atoms with Gasteiger partial charge in [0.2, 0.25) is 0 Å². The van der Waals surface area contributed by atoms with E-state index in [1.807, 2.05) is 31.3 Å². The molecule has 0 unspecified atom stereocenters. The number of nitrogens with one attached hydrogen (secondary N) is 1. The summed E-state index contributed by atoms with van der Waals surface area (Å²) < 4.78 is 4.79. The van der Waals surface area contributed by atoms with E-state index in [2.05, 4.69) is 5.32 Å². The van der Waals surface area contributed by atoms with Gasteiger partial charge in [0.05, 0.1) is 6.61 Å². The van der Waals surface area contributed by atoms with Gasteiger partial charge in [0.25, 0.3) is 0 Å². The first-order chi connectivity index (χ1) is 7.76. The summed E-state index contributed by atoms with van der Waals surface area (Å²) in [5.41, 5.74) is 2.21. The molecule has 1 rings (SSSR count). The molecule has 0 aliphatic rings. The number of rotatable bonds is 5. The van der Waals surface area contributed by atoms with Gasteiger partial charge in [-0.25, -0.2) is 4.79 Å². The summed E-state index contributed by atoms with van der Waals surface area (Å²) in [6, 6.07) is 8.01. The smallest absolute Gasteiger partial charge is 0.330 e. The minimum Gasteiger partial charge on any atom is -0.463 e. The first-order valence-electron chi connectivity index (χ1n) is 5.34. The Kier molecular flexibility index (Phi) is 5.29. The Morgan fingerprint density at radius 2 is 2.06 bits per heavy atom. The second-order valence-electron chi connectivity index (χ2n) is 3.36. The standard InChI is InChI=1S/C13H17NO2/c1-3-16-13(15)9-8-11-4-6-12(7-5-11)10-14-2/h4-9,14H,3,10H2,1-2H3/b9-8+. The molecule has 0 heterocycles. The van der Waals surface area contributed by atoms with Gasteiger partial charge in [0.1, 0.15) is 0 Å². The summed E-state index contributed by atoms with van der Waals surface area (Å²) in [6.07, 6.45) is 3.19. The Morgan fingerprint density at radius 3 is 2.62 bits per heavy atom. The lowest BCUT2D eigenvalue weighted by Crippen LogP contribution is -2.04. The van der Waals surface area contributed by atoms with Crippen LogP contribution in [0.2, 0.25) is 0 Å². The summed E-state index contributed by atoms with van der Waals surface area (Å²) in [7, 11) is 1.91. The largest absolute Gasteiger partial charge is 0.463 e. The van der Waals surface area contributed by atoms with Crippen LogP contribution in [0, 0.1) is 0 Å². The minimum atomic E-state index is -0.304. The second-order valence-corrected chi connectivity index (χ2v) is 3.36. The number of carbonyl (C=O) groups excluding carboxylic acids is 1. The first kappa shape index (κ1) is 12.5. The number of benzene rings is 1. The molecule has 0 fully saturated rings. The maximum Gasteiger partial charge on any atom is 0.330 e. The van der Waals surface area contributed by atoms with Gasteiger partial charge in [-0.05, 0) is 31.2 Å². The van der Waals surface area contributed by atoms with Gasteiger partial charge < -0.3 is 10.1 Å².